The summed E-state index contributed by atoms with van der Waals surface area (Å²) in [6.45, 7) is 0.157. The van der Waals surface area contributed by atoms with Crippen molar-refractivity contribution in [2.75, 3.05) is 6.61 Å². The fraction of sp³-hybridized carbons (Fsp3) is 1.00. The van der Waals surface area contributed by atoms with E-state index in [2.05, 4.69) is 0 Å². The number of aliphatic hydroxyl groups is 2. The van der Waals surface area contributed by atoms with E-state index in [1.165, 1.54) is 0 Å². The van der Waals surface area contributed by atoms with Crippen LogP contribution < -0.4 is 0 Å². The summed E-state index contributed by atoms with van der Waals surface area (Å²) >= 11 is 0. The zero-order valence-electron chi connectivity index (χ0n) is 6.03. The van der Waals surface area contributed by atoms with Crippen LogP contribution in [0.5, 0.6) is 0 Å². The number of rotatable bonds is 1. The summed E-state index contributed by atoms with van der Waals surface area (Å²) in [7, 11) is 5.62. The molecule has 1 aliphatic rings. The summed E-state index contributed by atoms with van der Waals surface area (Å²) in [5.74, 6) is 0.305. The molecule has 1 aliphatic carbocycles. The van der Waals surface area contributed by atoms with Crippen LogP contribution in [0.15, 0.2) is 0 Å². The number of hydrogen-bond donors (Lipinski definition) is 2. The maximum atomic E-state index is 9.19. The fourth-order valence-electron chi connectivity index (χ4n) is 1.60. The molecule has 0 saturated heterocycles. The molecule has 2 unspecified atom stereocenters. The first kappa shape index (κ1) is 8.09. The Morgan fingerprint density at radius 3 is 2.50 bits per heavy atom. The van der Waals surface area contributed by atoms with Crippen molar-refractivity contribution in [2.45, 2.75) is 31.2 Å². The minimum Gasteiger partial charge on any atom is -0.396 e. The molecule has 0 amide bonds. The van der Waals surface area contributed by atoms with Crippen LogP contribution in [0.25, 0.3) is 0 Å². The summed E-state index contributed by atoms with van der Waals surface area (Å²) in [6.07, 6.45) is 1.97. The van der Waals surface area contributed by atoms with E-state index >= 15 is 0 Å². The van der Waals surface area contributed by atoms with Gasteiger partial charge in [0.25, 0.3) is 0 Å². The second-order valence-electron chi connectivity index (χ2n) is 3.17. The zero-order valence-corrected chi connectivity index (χ0v) is 6.03. The minimum atomic E-state index is -0.291. The Kier molecular flexibility index (Phi) is 2.75. The molecule has 2 radical (unpaired) electrons. The maximum absolute atomic E-state index is 9.19. The molecule has 3 heteroatoms. The quantitative estimate of drug-likeness (QED) is 0.507. The number of aliphatic hydroxyl groups excluding tert-OH is 2. The van der Waals surface area contributed by atoms with E-state index in [1.807, 2.05) is 0 Å². The fourth-order valence-corrected chi connectivity index (χ4v) is 1.60. The average Bonchev–Trinajstić information content (AvgIpc) is 1.85. The second-order valence-corrected chi connectivity index (χ2v) is 3.17. The van der Waals surface area contributed by atoms with E-state index in [-0.39, 0.29) is 24.4 Å². The summed E-state index contributed by atoms with van der Waals surface area (Å²) in [4.78, 5) is 0. The van der Waals surface area contributed by atoms with Crippen LogP contribution in [0.4, 0.5) is 0 Å². The van der Waals surface area contributed by atoms with Crippen LogP contribution in [-0.4, -0.2) is 30.8 Å². The third kappa shape index (κ3) is 1.99. The Bertz CT molecular complexity index is 97.8. The highest BCUT2D eigenvalue weighted by molar-refractivity contribution is 6.11. The molecule has 1 saturated carbocycles. The molecule has 0 aromatic rings. The molecular weight excluding hydrogens is 127 g/mol. The van der Waals surface area contributed by atoms with Gasteiger partial charge in [0.2, 0.25) is 0 Å². The van der Waals surface area contributed by atoms with Crippen molar-refractivity contribution in [1.29, 1.82) is 0 Å². The van der Waals surface area contributed by atoms with Crippen molar-refractivity contribution >= 4 is 7.85 Å². The van der Waals surface area contributed by atoms with Crippen molar-refractivity contribution in [2.24, 2.45) is 5.92 Å². The second kappa shape index (κ2) is 3.40. The van der Waals surface area contributed by atoms with E-state index in [9.17, 15) is 5.11 Å². The third-order valence-electron chi connectivity index (χ3n) is 2.07. The van der Waals surface area contributed by atoms with Crippen LogP contribution >= 0.6 is 0 Å². The van der Waals surface area contributed by atoms with Gasteiger partial charge in [0.05, 0.1) is 14.0 Å². The Hall–Kier alpha value is -0.0151. The Morgan fingerprint density at radius 2 is 2.00 bits per heavy atom. The van der Waals surface area contributed by atoms with Gasteiger partial charge in [-0.2, -0.15) is 0 Å². The van der Waals surface area contributed by atoms with Crippen LogP contribution in [-0.2, 0) is 0 Å². The molecule has 1 fully saturated rings. The van der Waals surface area contributed by atoms with Gasteiger partial charge in [-0.25, -0.2) is 0 Å². The Morgan fingerprint density at radius 1 is 1.30 bits per heavy atom. The molecule has 10 heavy (non-hydrogen) atoms. The van der Waals surface area contributed by atoms with Crippen molar-refractivity contribution < 1.29 is 10.2 Å². The predicted octanol–water partition coefficient (Wildman–Crippen LogP) is 0.0967. The lowest BCUT2D eigenvalue weighted by atomic mass is 9.70. The largest absolute Gasteiger partial charge is 0.396 e. The van der Waals surface area contributed by atoms with Gasteiger partial charge < -0.3 is 10.2 Å². The normalized spacial score (nSPS) is 41.6. The third-order valence-corrected chi connectivity index (χ3v) is 2.07. The molecule has 1 rings (SSSR count). The molecule has 0 aromatic heterocycles. The van der Waals surface area contributed by atoms with Crippen molar-refractivity contribution in [3.8, 4) is 0 Å². The van der Waals surface area contributed by atoms with Crippen molar-refractivity contribution in [1.82, 2.24) is 0 Å². The Balaban J connectivity index is 2.35. The number of hydrogen-bond acceptors (Lipinski definition) is 2. The lowest BCUT2D eigenvalue weighted by molar-refractivity contribution is 0.0763. The topological polar surface area (TPSA) is 40.5 Å². The first-order valence-corrected chi connectivity index (χ1v) is 3.77. The van der Waals surface area contributed by atoms with Gasteiger partial charge in [-0.3, -0.25) is 0 Å². The summed E-state index contributed by atoms with van der Waals surface area (Å²) < 4.78 is 0. The highest BCUT2D eigenvalue weighted by Gasteiger charge is 2.23. The molecule has 0 heterocycles. The molecular formula is C7H13BO2. The van der Waals surface area contributed by atoms with Gasteiger partial charge in [0.15, 0.2) is 0 Å². The van der Waals surface area contributed by atoms with Gasteiger partial charge in [-0.1, -0.05) is 12.2 Å². The molecule has 2 N–H and O–H groups in total. The molecule has 0 spiro atoms. The molecule has 56 valence electrons. The lowest BCUT2D eigenvalue weighted by Crippen LogP contribution is -2.25. The average molecular weight is 140 g/mol. The minimum absolute atomic E-state index is 0.0842. The van der Waals surface area contributed by atoms with Crippen molar-refractivity contribution in [3.05, 3.63) is 0 Å². The van der Waals surface area contributed by atoms with Gasteiger partial charge in [0.1, 0.15) is 0 Å². The van der Waals surface area contributed by atoms with Gasteiger partial charge in [-0.15, -0.1) is 0 Å². The zero-order chi connectivity index (χ0) is 7.56. The smallest absolute Gasteiger partial charge is 0.0700 e. The van der Waals surface area contributed by atoms with E-state index in [0.29, 0.717) is 12.8 Å². The highest BCUT2D eigenvalue weighted by atomic mass is 16.3. The molecule has 0 aliphatic heterocycles. The van der Waals surface area contributed by atoms with Crippen LogP contribution in [0.1, 0.15) is 19.3 Å². The molecule has 2 nitrogen and oxygen atoms in total. The standard InChI is InChI=1S/C7H13BO2/c8-6-1-5(4-9)2-7(10)3-6/h5-7,9-10H,1-4H2/t5-,6?,7?/m0/s1. The predicted molar refractivity (Wildman–Crippen MR) is 39.9 cm³/mol. The Labute approximate surface area is 62.7 Å². The first-order chi connectivity index (χ1) is 4.72. The van der Waals surface area contributed by atoms with Crippen LogP contribution in [0.2, 0.25) is 5.82 Å². The molecule has 0 aromatic carbocycles. The van der Waals surface area contributed by atoms with Gasteiger partial charge in [-0.05, 0) is 18.8 Å². The van der Waals surface area contributed by atoms with E-state index < -0.39 is 0 Å². The molecule has 0 bridgehead atoms. The van der Waals surface area contributed by atoms with E-state index in [1.54, 1.807) is 0 Å². The van der Waals surface area contributed by atoms with Crippen LogP contribution in [0, 0.1) is 5.92 Å². The summed E-state index contributed by atoms with van der Waals surface area (Å²) in [5, 5.41) is 17.9. The summed E-state index contributed by atoms with van der Waals surface area (Å²) in [5.41, 5.74) is 0. The van der Waals surface area contributed by atoms with Crippen LogP contribution in [0.3, 0.4) is 0 Å². The molecule has 3 atom stereocenters. The highest BCUT2D eigenvalue weighted by Crippen LogP contribution is 2.30. The lowest BCUT2D eigenvalue weighted by Gasteiger charge is -2.29. The van der Waals surface area contributed by atoms with E-state index in [0.717, 1.165) is 6.42 Å². The van der Waals surface area contributed by atoms with Crippen molar-refractivity contribution in [3.63, 3.8) is 0 Å². The first-order valence-electron chi connectivity index (χ1n) is 3.77. The maximum Gasteiger partial charge on any atom is 0.0700 e. The van der Waals surface area contributed by atoms with Gasteiger partial charge >= 0.3 is 0 Å². The van der Waals surface area contributed by atoms with Gasteiger partial charge in [0, 0.05) is 6.61 Å². The SMILES string of the molecule is [B]C1CC(O)C[C@@H](CO)C1. The summed E-state index contributed by atoms with van der Waals surface area (Å²) in [6, 6.07) is 0. The monoisotopic (exact) mass is 140 g/mol. The van der Waals surface area contributed by atoms with E-state index in [4.69, 9.17) is 13.0 Å².